The zero-order valence-electron chi connectivity index (χ0n) is 56.9. The first-order valence-corrected chi connectivity index (χ1v) is 33.0. The van der Waals surface area contributed by atoms with E-state index in [4.69, 9.17) is 51.5 Å². The highest BCUT2D eigenvalue weighted by Gasteiger charge is 2.78. The highest BCUT2D eigenvalue weighted by Crippen LogP contribution is 2.64. The predicted octanol–water partition coefficient (Wildman–Crippen LogP) is 3.61. The van der Waals surface area contributed by atoms with Gasteiger partial charge in [-0.05, 0) is 120 Å². The molecule has 30 heteroatoms. The molecule has 1 heterocycles. The van der Waals surface area contributed by atoms with Gasteiger partial charge in [0.05, 0.1) is 41.1 Å². The molecular formula is C70H87ClFN7O21. The van der Waals surface area contributed by atoms with Gasteiger partial charge in [0.2, 0.25) is 41.5 Å². The first-order valence-electron chi connectivity index (χ1n) is 32.6. The summed E-state index contributed by atoms with van der Waals surface area (Å²) in [6, 6.07) is 13.5. The maximum atomic E-state index is 15.4. The fourth-order valence-electron chi connectivity index (χ4n) is 13.4. The zero-order chi connectivity index (χ0) is 74.0. The number of carbonyl (C=O) groups excluding carboxylic acids is 12. The molecule has 4 aliphatic rings. The molecule has 28 nitrogen and oxygen atoms in total. The van der Waals surface area contributed by atoms with E-state index in [0.29, 0.717) is 5.56 Å². The van der Waals surface area contributed by atoms with Gasteiger partial charge in [-0.15, -0.1) is 0 Å². The van der Waals surface area contributed by atoms with E-state index < -0.39 is 204 Å². The smallest absolute Gasteiger partial charge is 0.408 e. The molecule has 3 fully saturated rings. The van der Waals surface area contributed by atoms with Crippen molar-refractivity contribution in [1.29, 1.82) is 0 Å². The van der Waals surface area contributed by atoms with E-state index in [1.165, 1.54) is 71.0 Å². The first kappa shape index (κ1) is 78.2. The van der Waals surface area contributed by atoms with Gasteiger partial charge in [-0.1, -0.05) is 80.0 Å². The fraction of sp³-hybridized carbons (Fsp3) is 0.514. The van der Waals surface area contributed by atoms with Crippen LogP contribution in [-0.2, 0) is 76.4 Å². The number of alkyl carbamates (subject to hydrolysis) is 1. The Morgan fingerprint density at radius 1 is 0.820 bits per heavy atom. The number of nitrogens with two attached hydrogens (primary N) is 2. The van der Waals surface area contributed by atoms with Crippen molar-refractivity contribution in [3.63, 3.8) is 0 Å². The number of carbonyl (C=O) groups is 12. The van der Waals surface area contributed by atoms with Gasteiger partial charge in [0.25, 0.3) is 0 Å². The molecule has 14 atom stereocenters. The molecule has 2 saturated carbocycles. The van der Waals surface area contributed by atoms with E-state index in [0.717, 1.165) is 25.1 Å². The van der Waals surface area contributed by atoms with Crippen molar-refractivity contribution in [2.75, 3.05) is 13.2 Å². The van der Waals surface area contributed by atoms with Gasteiger partial charge >= 0.3 is 30.0 Å². The number of halogens is 2. The van der Waals surface area contributed by atoms with E-state index in [9.17, 15) is 67.7 Å². The second kappa shape index (κ2) is 32.4. The van der Waals surface area contributed by atoms with Gasteiger partial charge in [-0.3, -0.25) is 43.2 Å². The van der Waals surface area contributed by atoms with E-state index in [1.54, 1.807) is 57.2 Å². The van der Waals surface area contributed by atoms with Crippen LogP contribution in [0.3, 0.4) is 0 Å². The number of ether oxygens (including phenoxy) is 6. The van der Waals surface area contributed by atoms with Crippen molar-refractivity contribution in [3.8, 4) is 0 Å². The lowest BCUT2D eigenvalue weighted by atomic mass is 9.44. The number of benzene rings is 3. The van der Waals surface area contributed by atoms with Gasteiger partial charge in [-0.25, -0.2) is 18.8 Å². The largest absolute Gasteiger partial charge is 0.455 e. The van der Waals surface area contributed by atoms with Crippen LogP contribution < -0.4 is 38.1 Å². The average molecular weight is 1420 g/mol. The van der Waals surface area contributed by atoms with Crippen LogP contribution in [0.15, 0.2) is 96.1 Å². The first-order chi connectivity index (χ1) is 46.8. The minimum atomic E-state index is -2.54. The number of rotatable bonds is 28. The molecule has 542 valence electrons. The monoisotopic (exact) mass is 1420 g/mol. The summed E-state index contributed by atoms with van der Waals surface area (Å²) < 4.78 is 49.6. The number of primary amides is 2. The Hall–Kier alpha value is -9.16. The number of esters is 4. The highest BCUT2D eigenvalue weighted by atomic mass is 35.5. The summed E-state index contributed by atoms with van der Waals surface area (Å²) in [5.41, 5.74) is 1.96. The Bertz CT molecular complexity index is 3680. The van der Waals surface area contributed by atoms with Crippen LogP contribution in [0.2, 0.25) is 5.02 Å². The van der Waals surface area contributed by atoms with Gasteiger partial charge in [0.15, 0.2) is 11.4 Å². The number of amides is 7. The Labute approximate surface area is 581 Å². The summed E-state index contributed by atoms with van der Waals surface area (Å²) in [6.07, 6.45) is -11.9. The number of aliphatic hydroxyl groups is 3. The number of hydrogen-bond acceptors (Lipinski definition) is 21. The lowest BCUT2D eigenvalue weighted by molar-refractivity contribution is -0.346. The maximum absolute atomic E-state index is 15.4. The van der Waals surface area contributed by atoms with Crippen molar-refractivity contribution >= 4 is 88.9 Å². The number of fused-ring (bicyclic) bond motifs is 5. The van der Waals surface area contributed by atoms with Crippen molar-refractivity contribution in [2.24, 2.45) is 28.2 Å². The standard InChI is InChI=1S/C70H87ClFN7O21/c1-36-46(34-70(94)59(98-63(91)41-20-14-11-15-21-41)57-68(9,58(87)55(86)53(36)67(70,7)8)47(81)33-48-69(57,35-95-48)99-38(3)80)96-64(92)56(54(40-18-12-10-13-19-40)79-65(93)100-66(4,5)6)97-52(85)30-29-49(82)75-31-17-16-22-44(60(73)88)77-51(84)28-26-45(61(74)89)78-62(90)37(2)76-50(83)27-24-39-23-25-42(72)32-43(39)71/h10-15,18-21,23-25,27,32,37,44-48,54-57,59,81,86,94H,16-17,22,26,28-31,33-35H2,1-9H3,(H2,73,88)(H2,74,89)(H,75,82)(H,76,83)(H,77,84)(H,78,90)(H,79,93)/b27-24+/t37-,44-,45+,46-,47-,48+,54-,55+,56+,57-,59-,68+,69-,70+/m0/s1. The average Bonchev–Trinajstić information content (AvgIpc) is 0.670. The van der Waals surface area contributed by atoms with Gasteiger partial charge in [0.1, 0.15) is 65.6 Å². The molecular weight excluding hydrogens is 1330 g/mol. The Kier molecular flexibility index (Phi) is 25.4. The summed E-state index contributed by atoms with van der Waals surface area (Å²) >= 11 is 5.99. The molecule has 1 saturated heterocycles. The second-order valence-electron chi connectivity index (χ2n) is 27.1. The molecule has 7 amide bonds. The molecule has 2 bridgehead atoms. The van der Waals surface area contributed by atoms with Gasteiger partial charge < -0.3 is 81.8 Å². The Balaban J connectivity index is 1.04. The molecule has 0 spiro atoms. The van der Waals surface area contributed by atoms with Crippen molar-refractivity contribution < 1.29 is 106 Å². The quantitative estimate of drug-likeness (QED) is 0.0163. The predicted molar refractivity (Wildman–Crippen MR) is 353 cm³/mol. The van der Waals surface area contributed by atoms with Crippen molar-refractivity contribution in [1.82, 2.24) is 26.6 Å². The van der Waals surface area contributed by atoms with E-state index >= 15 is 9.59 Å². The molecule has 3 aromatic carbocycles. The van der Waals surface area contributed by atoms with Crippen LogP contribution in [0.4, 0.5) is 9.18 Å². The van der Waals surface area contributed by atoms with E-state index in [-0.39, 0.29) is 65.9 Å². The zero-order valence-corrected chi connectivity index (χ0v) is 57.6. The molecule has 0 unspecified atom stereocenters. The Morgan fingerprint density at radius 3 is 2.06 bits per heavy atom. The van der Waals surface area contributed by atoms with Crippen LogP contribution in [0.5, 0.6) is 0 Å². The number of Topliss-reactive ketones (excluding diaryl/α,β-unsaturated/α-hetero) is 1. The van der Waals surface area contributed by atoms with Crippen LogP contribution >= 0.6 is 11.6 Å². The maximum Gasteiger partial charge on any atom is 0.408 e. The van der Waals surface area contributed by atoms with Gasteiger partial charge in [-0.2, -0.15) is 0 Å². The molecule has 100 heavy (non-hydrogen) atoms. The molecule has 3 aliphatic carbocycles. The van der Waals surface area contributed by atoms with E-state index in [1.807, 2.05) is 0 Å². The number of hydrogen-bond donors (Lipinski definition) is 10. The third-order valence-corrected chi connectivity index (χ3v) is 19.1. The van der Waals surface area contributed by atoms with Crippen molar-refractivity contribution in [2.45, 2.75) is 198 Å². The summed E-state index contributed by atoms with van der Waals surface area (Å²) in [4.78, 5) is 163. The third kappa shape index (κ3) is 18.1. The fourth-order valence-corrected chi connectivity index (χ4v) is 13.6. The van der Waals surface area contributed by atoms with Crippen LogP contribution in [0, 0.1) is 22.6 Å². The van der Waals surface area contributed by atoms with Crippen molar-refractivity contribution in [3.05, 3.63) is 124 Å². The minimum absolute atomic E-state index is 0.00570. The number of aliphatic hydroxyl groups excluding tert-OH is 2. The summed E-state index contributed by atoms with van der Waals surface area (Å²) in [7, 11) is 0. The summed E-state index contributed by atoms with van der Waals surface area (Å²) in [5.74, 6) is -12.5. The van der Waals surface area contributed by atoms with Crippen LogP contribution in [0.25, 0.3) is 6.08 Å². The lowest BCUT2D eigenvalue weighted by Crippen LogP contribution is -2.81. The molecule has 1 aliphatic heterocycles. The molecule has 7 rings (SSSR count). The lowest BCUT2D eigenvalue weighted by Gasteiger charge is -2.67. The normalized spacial score (nSPS) is 25.1. The number of ketones is 1. The topological polar surface area (TPSA) is 433 Å². The SMILES string of the molecule is CC(=O)O[C@@]12CO[C@@H]1C[C@H](O)[C@@]1(C)C(=O)[C@H](O)C3=C(C)[C@@H](OC(=O)[C@H](OC(=O)CCC(=O)NCCCC[C@H](NC(=O)CC[C@@H](NC(=O)[C@H](C)NC(=O)/C=C/c4ccc(F)cc4Cl)C(N)=O)C(N)=O)[C@@H](NC(=O)OC(C)(C)C)c4ccccc4)C[C@@](O)([C@@H](OC(=O)c4ccccc4)[C@H]21)C3(C)C. The third-order valence-electron chi connectivity index (χ3n) is 18.7. The molecule has 0 aromatic heterocycles. The van der Waals surface area contributed by atoms with Gasteiger partial charge in [0, 0.05) is 50.6 Å². The van der Waals surface area contributed by atoms with Crippen LogP contribution in [0.1, 0.15) is 148 Å². The number of nitrogens with one attached hydrogen (secondary N) is 5. The number of unbranched alkanes of at least 4 members (excludes halogenated alkanes) is 1. The summed E-state index contributed by atoms with van der Waals surface area (Å²) in [5, 5.41) is 51.0. The molecule has 12 N–H and O–H groups in total. The minimum Gasteiger partial charge on any atom is -0.455 e. The second-order valence-corrected chi connectivity index (χ2v) is 27.5. The molecule has 0 radical (unpaired) electrons. The highest BCUT2D eigenvalue weighted by molar-refractivity contribution is 6.32. The Morgan fingerprint density at radius 2 is 1.46 bits per heavy atom. The summed E-state index contributed by atoms with van der Waals surface area (Å²) in [6.45, 7) is 12.5. The van der Waals surface area contributed by atoms with Crippen LogP contribution in [-0.4, -0.2) is 171 Å². The van der Waals surface area contributed by atoms with E-state index in [2.05, 4.69) is 26.6 Å². The molecule has 3 aromatic rings.